The van der Waals surface area contributed by atoms with Gasteiger partial charge in [0.25, 0.3) is 0 Å². The second-order valence-corrected chi connectivity index (χ2v) is 5.65. The molecule has 19 heavy (non-hydrogen) atoms. The molecule has 0 fully saturated rings. The summed E-state index contributed by atoms with van der Waals surface area (Å²) in [6.45, 7) is 4.21. The first-order chi connectivity index (χ1) is 9.00. The summed E-state index contributed by atoms with van der Waals surface area (Å²) in [4.78, 5) is 11.7. The zero-order valence-electron chi connectivity index (χ0n) is 12.2. The predicted octanol–water partition coefficient (Wildman–Crippen LogP) is 3.16. The first-order valence-corrected chi connectivity index (χ1v) is 6.75. The summed E-state index contributed by atoms with van der Waals surface area (Å²) in [5.41, 5.74) is 3.60. The van der Waals surface area contributed by atoms with Crippen molar-refractivity contribution in [1.82, 2.24) is 0 Å². The monoisotopic (exact) mass is 262 g/mol. The number of carbonyl (C=O) groups is 1. The molecule has 0 bridgehead atoms. The number of benzene rings is 1. The molecule has 2 rings (SSSR count). The third kappa shape index (κ3) is 2.60. The van der Waals surface area contributed by atoms with E-state index in [2.05, 4.69) is 26.0 Å². The Labute approximate surface area is 114 Å². The number of carbonyl (C=O) groups excluding carboxylic acids is 1. The number of fused-ring (bicyclic) bond motifs is 1. The summed E-state index contributed by atoms with van der Waals surface area (Å²) in [6, 6.07) is 4.30. The van der Waals surface area contributed by atoms with Crippen molar-refractivity contribution in [1.29, 1.82) is 0 Å². The molecule has 0 saturated carbocycles. The molecule has 0 amide bonds. The minimum Gasteiger partial charge on any atom is -0.496 e. The highest BCUT2D eigenvalue weighted by Crippen LogP contribution is 2.42. The molecule has 0 N–H and O–H groups in total. The highest BCUT2D eigenvalue weighted by Gasteiger charge is 2.35. The largest absolute Gasteiger partial charge is 0.496 e. The van der Waals surface area contributed by atoms with Crippen LogP contribution in [0.5, 0.6) is 5.75 Å². The van der Waals surface area contributed by atoms with Crippen molar-refractivity contribution in [2.45, 2.75) is 44.9 Å². The average molecular weight is 262 g/mol. The van der Waals surface area contributed by atoms with Gasteiger partial charge in [-0.2, -0.15) is 0 Å². The van der Waals surface area contributed by atoms with Crippen molar-refractivity contribution in [3.05, 3.63) is 28.8 Å². The van der Waals surface area contributed by atoms with E-state index in [1.54, 1.807) is 7.11 Å². The van der Waals surface area contributed by atoms with Crippen LogP contribution in [0.1, 0.15) is 42.9 Å². The molecule has 0 spiro atoms. The normalized spacial score (nSPS) is 21.7. The lowest BCUT2D eigenvalue weighted by Crippen LogP contribution is -2.31. The van der Waals surface area contributed by atoms with Crippen molar-refractivity contribution in [3.8, 4) is 5.75 Å². The molecule has 1 aromatic rings. The first-order valence-electron chi connectivity index (χ1n) is 6.75. The van der Waals surface area contributed by atoms with Crippen LogP contribution in [-0.4, -0.2) is 20.2 Å². The maximum absolute atomic E-state index is 11.7. The molecule has 1 atom stereocenters. The zero-order chi connectivity index (χ0) is 14.0. The van der Waals surface area contributed by atoms with E-state index in [-0.39, 0.29) is 11.4 Å². The number of hydrogen-bond acceptors (Lipinski definition) is 3. The molecule has 0 aromatic heterocycles. The maximum atomic E-state index is 11.7. The second-order valence-electron chi connectivity index (χ2n) is 5.65. The van der Waals surface area contributed by atoms with E-state index >= 15 is 0 Å². The lowest BCUT2D eigenvalue weighted by atomic mass is 9.69. The number of hydrogen-bond donors (Lipinski definition) is 0. The van der Waals surface area contributed by atoms with Crippen LogP contribution < -0.4 is 4.74 Å². The van der Waals surface area contributed by atoms with Gasteiger partial charge in [0.05, 0.1) is 20.6 Å². The van der Waals surface area contributed by atoms with Crippen LogP contribution in [0, 0.1) is 6.92 Å². The lowest BCUT2D eigenvalue weighted by Gasteiger charge is -2.35. The Morgan fingerprint density at radius 1 is 1.37 bits per heavy atom. The third-order valence-corrected chi connectivity index (χ3v) is 4.21. The molecule has 104 valence electrons. The van der Waals surface area contributed by atoms with Gasteiger partial charge < -0.3 is 9.47 Å². The second kappa shape index (κ2) is 5.24. The van der Waals surface area contributed by atoms with Crippen molar-refractivity contribution in [3.63, 3.8) is 0 Å². The van der Waals surface area contributed by atoms with Gasteiger partial charge in [0.1, 0.15) is 5.75 Å². The molecule has 3 heteroatoms. The van der Waals surface area contributed by atoms with E-state index in [4.69, 9.17) is 9.47 Å². The van der Waals surface area contributed by atoms with E-state index in [0.717, 1.165) is 30.6 Å². The van der Waals surface area contributed by atoms with Gasteiger partial charge in [0, 0.05) is 5.41 Å². The highest BCUT2D eigenvalue weighted by molar-refractivity contribution is 5.71. The maximum Gasteiger partial charge on any atom is 0.306 e. The van der Waals surface area contributed by atoms with E-state index < -0.39 is 0 Å². The quantitative estimate of drug-likeness (QED) is 0.785. The molecule has 0 aliphatic heterocycles. The van der Waals surface area contributed by atoms with Gasteiger partial charge in [-0.25, -0.2) is 0 Å². The van der Waals surface area contributed by atoms with Gasteiger partial charge in [-0.05, 0) is 48.9 Å². The molecular weight excluding hydrogens is 240 g/mol. The van der Waals surface area contributed by atoms with Crippen LogP contribution in [0.4, 0.5) is 0 Å². The minimum absolute atomic E-state index is 0.137. The van der Waals surface area contributed by atoms with Gasteiger partial charge in [-0.3, -0.25) is 4.79 Å². The molecule has 0 radical (unpaired) electrons. The summed E-state index contributed by atoms with van der Waals surface area (Å²) < 4.78 is 10.3. The van der Waals surface area contributed by atoms with Crippen molar-refractivity contribution >= 4 is 5.97 Å². The van der Waals surface area contributed by atoms with Gasteiger partial charge in [0.15, 0.2) is 0 Å². The molecular formula is C16H22O3. The first kappa shape index (κ1) is 13.9. The van der Waals surface area contributed by atoms with Crippen LogP contribution in [0.3, 0.4) is 0 Å². The summed E-state index contributed by atoms with van der Waals surface area (Å²) >= 11 is 0. The fourth-order valence-corrected chi connectivity index (χ4v) is 3.11. The van der Waals surface area contributed by atoms with Crippen molar-refractivity contribution < 1.29 is 14.3 Å². The Hall–Kier alpha value is -1.51. The average Bonchev–Trinajstić information content (AvgIpc) is 2.38. The van der Waals surface area contributed by atoms with E-state index in [9.17, 15) is 4.79 Å². The molecule has 1 aliphatic carbocycles. The Bertz CT molecular complexity index is 493. The standard InChI is InChI=1S/C16H22O3/c1-11-8-12-6-5-7-16(2,10-15(17)19-4)13(12)9-14(11)18-3/h8-9H,5-7,10H2,1-4H3. The number of ether oxygens (including phenoxy) is 2. The van der Waals surface area contributed by atoms with E-state index in [0.29, 0.717) is 6.42 Å². The van der Waals surface area contributed by atoms with Crippen LogP contribution in [-0.2, 0) is 21.4 Å². The fraction of sp³-hybridized carbons (Fsp3) is 0.562. The van der Waals surface area contributed by atoms with Crippen molar-refractivity contribution in [2.24, 2.45) is 0 Å². The molecule has 0 saturated heterocycles. The summed E-state index contributed by atoms with van der Waals surface area (Å²) in [5.74, 6) is 0.756. The van der Waals surface area contributed by atoms with Gasteiger partial charge in [-0.1, -0.05) is 13.0 Å². The minimum atomic E-state index is -0.144. The molecule has 3 nitrogen and oxygen atoms in total. The van der Waals surface area contributed by atoms with E-state index in [1.165, 1.54) is 18.2 Å². The summed E-state index contributed by atoms with van der Waals surface area (Å²) in [5, 5.41) is 0. The number of esters is 1. The van der Waals surface area contributed by atoms with Gasteiger partial charge in [-0.15, -0.1) is 0 Å². The lowest BCUT2D eigenvalue weighted by molar-refractivity contribution is -0.142. The smallest absolute Gasteiger partial charge is 0.306 e. The number of aryl methyl sites for hydroxylation is 2. The van der Waals surface area contributed by atoms with Crippen LogP contribution in [0.2, 0.25) is 0 Å². The predicted molar refractivity (Wildman–Crippen MR) is 74.7 cm³/mol. The van der Waals surface area contributed by atoms with E-state index in [1.807, 2.05) is 0 Å². The topological polar surface area (TPSA) is 35.5 Å². The van der Waals surface area contributed by atoms with Crippen LogP contribution in [0.15, 0.2) is 12.1 Å². The van der Waals surface area contributed by atoms with Crippen molar-refractivity contribution in [2.75, 3.05) is 14.2 Å². The Morgan fingerprint density at radius 3 is 2.74 bits per heavy atom. The fourth-order valence-electron chi connectivity index (χ4n) is 3.11. The number of rotatable bonds is 3. The van der Waals surface area contributed by atoms with Crippen LogP contribution >= 0.6 is 0 Å². The Kier molecular flexibility index (Phi) is 3.83. The van der Waals surface area contributed by atoms with Gasteiger partial charge >= 0.3 is 5.97 Å². The number of methoxy groups -OCH3 is 2. The SMILES string of the molecule is COC(=O)CC1(C)CCCc2cc(C)c(OC)cc21. The summed E-state index contributed by atoms with van der Waals surface area (Å²) in [6.07, 6.45) is 3.65. The third-order valence-electron chi connectivity index (χ3n) is 4.21. The Balaban J connectivity index is 2.45. The summed E-state index contributed by atoms with van der Waals surface area (Å²) in [7, 11) is 3.14. The molecule has 1 unspecified atom stereocenters. The Morgan fingerprint density at radius 2 is 2.11 bits per heavy atom. The zero-order valence-corrected chi connectivity index (χ0v) is 12.2. The molecule has 1 aliphatic rings. The highest BCUT2D eigenvalue weighted by atomic mass is 16.5. The molecule has 0 heterocycles. The molecule has 1 aromatic carbocycles. The van der Waals surface area contributed by atoms with Gasteiger partial charge in [0.2, 0.25) is 0 Å². The van der Waals surface area contributed by atoms with Crippen LogP contribution in [0.25, 0.3) is 0 Å².